The number of benzene rings is 1. The number of tetrazole rings is 1. The zero-order valence-electron chi connectivity index (χ0n) is 13.8. The lowest BCUT2D eigenvalue weighted by molar-refractivity contribution is -0.147. The largest absolute Gasteiger partial charge is 0.482 e. The highest BCUT2D eigenvalue weighted by Crippen LogP contribution is 2.13. The van der Waals surface area contributed by atoms with E-state index in [1.54, 1.807) is 35.9 Å². The van der Waals surface area contributed by atoms with Gasteiger partial charge < -0.3 is 9.47 Å². The van der Waals surface area contributed by atoms with E-state index in [0.29, 0.717) is 30.1 Å². The number of hydrogen-bond donors (Lipinski definition) is 0. The Labute approximate surface area is 139 Å². The Hall–Kier alpha value is -2.77. The molecule has 2 rings (SSSR count). The second-order valence-electron chi connectivity index (χ2n) is 5.07. The van der Waals surface area contributed by atoms with Crippen LogP contribution >= 0.6 is 0 Å². The van der Waals surface area contributed by atoms with Crippen molar-refractivity contribution in [2.24, 2.45) is 0 Å². The van der Waals surface area contributed by atoms with E-state index in [9.17, 15) is 9.59 Å². The predicted molar refractivity (Wildman–Crippen MR) is 84.5 cm³/mol. The Kier molecular flexibility index (Phi) is 6.41. The number of ether oxygens (including phenoxy) is 2. The highest BCUT2D eigenvalue weighted by molar-refractivity contribution is 5.95. The van der Waals surface area contributed by atoms with Gasteiger partial charge in [0.05, 0.1) is 0 Å². The minimum atomic E-state index is -0.519. The molecule has 8 nitrogen and oxygen atoms in total. The minimum Gasteiger partial charge on any atom is -0.482 e. The molecule has 0 saturated carbocycles. The van der Waals surface area contributed by atoms with E-state index in [0.717, 1.165) is 6.42 Å². The number of esters is 1. The normalized spacial score (nSPS) is 10.4. The van der Waals surface area contributed by atoms with Crippen LogP contribution in [0.3, 0.4) is 0 Å². The quantitative estimate of drug-likeness (QED) is 0.510. The smallest absolute Gasteiger partial charge is 0.344 e. The number of Topliss-reactive ketones (excluding diaryl/α,β-unsaturated/α-hetero) is 1. The molecule has 8 heteroatoms. The summed E-state index contributed by atoms with van der Waals surface area (Å²) in [6.45, 7) is 4.25. The molecule has 1 aromatic carbocycles. The predicted octanol–water partition coefficient (Wildman–Crippen LogP) is 1.80. The van der Waals surface area contributed by atoms with Crippen molar-refractivity contribution in [2.75, 3.05) is 6.61 Å². The monoisotopic (exact) mass is 332 g/mol. The van der Waals surface area contributed by atoms with Crippen molar-refractivity contribution >= 4 is 11.8 Å². The summed E-state index contributed by atoms with van der Waals surface area (Å²) in [6.07, 6.45) is 1.33. The number of carbonyl (C=O) groups is 2. The van der Waals surface area contributed by atoms with Gasteiger partial charge in [-0.15, -0.1) is 5.10 Å². The Bertz CT molecular complexity index is 682. The zero-order chi connectivity index (χ0) is 17.4. The summed E-state index contributed by atoms with van der Waals surface area (Å²) >= 11 is 0. The number of hydrogen-bond acceptors (Lipinski definition) is 7. The van der Waals surface area contributed by atoms with Gasteiger partial charge in [0.25, 0.3) is 0 Å². The van der Waals surface area contributed by atoms with E-state index >= 15 is 0 Å². The molecule has 0 aliphatic heterocycles. The maximum absolute atomic E-state index is 11.7. The van der Waals surface area contributed by atoms with Gasteiger partial charge in [0.15, 0.2) is 24.8 Å². The average molecular weight is 332 g/mol. The Morgan fingerprint density at radius 1 is 1.17 bits per heavy atom. The maximum atomic E-state index is 11.7. The van der Waals surface area contributed by atoms with Gasteiger partial charge in [-0.25, -0.2) is 9.48 Å². The lowest BCUT2D eigenvalue weighted by Gasteiger charge is -2.07. The first-order valence-corrected chi connectivity index (χ1v) is 7.80. The fourth-order valence-corrected chi connectivity index (χ4v) is 1.98. The van der Waals surface area contributed by atoms with Crippen LogP contribution < -0.4 is 4.74 Å². The third-order valence-electron chi connectivity index (χ3n) is 3.26. The van der Waals surface area contributed by atoms with Crippen molar-refractivity contribution in [3.05, 3.63) is 35.7 Å². The second-order valence-corrected chi connectivity index (χ2v) is 5.07. The summed E-state index contributed by atoms with van der Waals surface area (Å²) < 4.78 is 12.0. The van der Waals surface area contributed by atoms with Crippen LogP contribution in [0.2, 0.25) is 0 Å². The van der Waals surface area contributed by atoms with Gasteiger partial charge in [0, 0.05) is 18.5 Å². The van der Waals surface area contributed by atoms with Crippen LogP contribution in [0.5, 0.6) is 5.75 Å². The summed E-state index contributed by atoms with van der Waals surface area (Å²) in [5.41, 5.74) is 0.621. The van der Waals surface area contributed by atoms with Crippen LogP contribution in [0.25, 0.3) is 0 Å². The molecule has 0 fully saturated rings. The van der Waals surface area contributed by atoms with Crippen molar-refractivity contribution in [1.29, 1.82) is 0 Å². The van der Waals surface area contributed by atoms with E-state index in [1.807, 2.05) is 6.92 Å². The molecule has 24 heavy (non-hydrogen) atoms. The third-order valence-corrected chi connectivity index (χ3v) is 3.26. The number of aryl methyl sites for hydroxylation is 1. The number of ketones is 1. The van der Waals surface area contributed by atoms with E-state index in [4.69, 9.17) is 9.47 Å². The van der Waals surface area contributed by atoms with Gasteiger partial charge in [0.2, 0.25) is 0 Å². The summed E-state index contributed by atoms with van der Waals surface area (Å²) in [4.78, 5) is 23.3. The van der Waals surface area contributed by atoms with E-state index < -0.39 is 5.97 Å². The lowest BCUT2D eigenvalue weighted by Crippen LogP contribution is -2.16. The lowest BCUT2D eigenvalue weighted by atomic mass is 10.1. The molecule has 0 aliphatic carbocycles. The molecule has 0 saturated heterocycles. The average Bonchev–Trinajstić information content (AvgIpc) is 3.05. The maximum Gasteiger partial charge on any atom is 0.344 e. The van der Waals surface area contributed by atoms with Crippen molar-refractivity contribution in [1.82, 2.24) is 20.2 Å². The van der Waals surface area contributed by atoms with Crippen LogP contribution in [0, 0.1) is 0 Å². The van der Waals surface area contributed by atoms with Crippen molar-refractivity contribution < 1.29 is 19.1 Å². The fraction of sp³-hybridized carbons (Fsp3) is 0.438. The molecular formula is C16H20N4O4. The van der Waals surface area contributed by atoms with Crippen LogP contribution in [0.1, 0.15) is 42.9 Å². The molecule has 0 spiro atoms. The second kappa shape index (κ2) is 8.76. The fourth-order valence-electron chi connectivity index (χ4n) is 1.98. The molecule has 128 valence electrons. The highest BCUT2D eigenvalue weighted by atomic mass is 16.6. The van der Waals surface area contributed by atoms with E-state index in [-0.39, 0.29) is 19.0 Å². The van der Waals surface area contributed by atoms with Gasteiger partial charge in [0.1, 0.15) is 5.75 Å². The number of aromatic nitrogens is 4. The summed E-state index contributed by atoms with van der Waals surface area (Å²) in [5, 5.41) is 11.2. The first kappa shape index (κ1) is 17.6. The molecule has 0 aliphatic rings. The molecule has 1 heterocycles. The van der Waals surface area contributed by atoms with Gasteiger partial charge in [-0.3, -0.25) is 4.79 Å². The van der Waals surface area contributed by atoms with Gasteiger partial charge in [-0.2, -0.15) is 0 Å². The zero-order valence-corrected chi connectivity index (χ0v) is 13.8. The Morgan fingerprint density at radius 2 is 1.92 bits per heavy atom. The summed E-state index contributed by atoms with van der Waals surface area (Å²) in [6, 6.07) is 6.65. The molecule has 1 aromatic heterocycles. The first-order valence-electron chi connectivity index (χ1n) is 7.80. The molecule has 0 bridgehead atoms. The van der Waals surface area contributed by atoms with Crippen LogP contribution in [-0.4, -0.2) is 38.6 Å². The molecular weight excluding hydrogens is 312 g/mol. The van der Waals surface area contributed by atoms with Crippen LogP contribution in [0.4, 0.5) is 0 Å². The Balaban J connectivity index is 1.78. The van der Waals surface area contributed by atoms with Gasteiger partial charge >= 0.3 is 5.97 Å². The summed E-state index contributed by atoms with van der Waals surface area (Å²) in [7, 11) is 0. The van der Waals surface area contributed by atoms with E-state index in [1.165, 1.54) is 0 Å². The van der Waals surface area contributed by atoms with Crippen molar-refractivity contribution in [2.45, 2.75) is 39.8 Å². The molecule has 0 radical (unpaired) electrons. The number of rotatable bonds is 9. The Morgan fingerprint density at radius 3 is 2.58 bits per heavy atom. The number of carbonyl (C=O) groups excluding carboxylic acids is 2. The van der Waals surface area contributed by atoms with Crippen molar-refractivity contribution in [3.8, 4) is 5.75 Å². The van der Waals surface area contributed by atoms with Crippen molar-refractivity contribution in [3.63, 3.8) is 0 Å². The van der Waals surface area contributed by atoms with Gasteiger partial charge in [-0.1, -0.05) is 13.8 Å². The highest BCUT2D eigenvalue weighted by Gasteiger charge is 2.10. The molecule has 0 amide bonds. The molecule has 0 unspecified atom stereocenters. The third kappa shape index (κ3) is 4.87. The van der Waals surface area contributed by atoms with Crippen LogP contribution in [0.15, 0.2) is 24.3 Å². The van der Waals surface area contributed by atoms with Gasteiger partial charge in [-0.05, 0) is 41.1 Å². The molecule has 2 aromatic rings. The standard InChI is InChI=1S/C16H20N4O4/c1-3-9-20-15(17-18-19-20)10-24-16(22)11-23-13-7-5-12(6-8-13)14(21)4-2/h5-8H,3-4,9-11H2,1-2H3. The SMILES string of the molecule is CCCn1nnnc1COC(=O)COc1ccc(C(=O)CC)cc1. The van der Waals surface area contributed by atoms with Crippen LogP contribution in [-0.2, 0) is 22.7 Å². The number of nitrogens with zero attached hydrogens (tertiary/aromatic N) is 4. The minimum absolute atomic E-state index is 0.000860. The topological polar surface area (TPSA) is 96.2 Å². The first-order chi connectivity index (χ1) is 11.6. The van der Waals surface area contributed by atoms with E-state index in [2.05, 4.69) is 15.5 Å². The molecule has 0 atom stereocenters. The molecule has 0 N–H and O–H groups in total. The summed E-state index contributed by atoms with van der Waals surface area (Å²) in [5.74, 6) is 0.531.